The molecule has 3 aliphatic heterocycles. The number of ketones is 1. The monoisotopic (exact) mass is 660 g/mol. The van der Waals surface area contributed by atoms with E-state index in [0.717, 1.165) is 19.3 Å². The number of anilines is 1. The summed E-state index contributed by atoms with van der Waals surface area (Å²) in [4.78, 5) is 47.1. The van der Waals surface area contributed by atoms with Crippen LogP contribution in [0.2, 0.25) is 0 Å². The van der Waals surface area contributed by atoms with Gasteiger partial charge in [0.15, 0.2) is 5.54 Å². The summed E-state index contributed by atoms with van der Waals surface area (Å²) in [5.74, 6) is -3.76. The zero-order valence-electron chi connectivity index (χ0n) is 26.4. The minimum Gasteiger partial charge on any atom is -0.507 e. The highest BCUT2D eigenvalue weighted by Gasteiger charge is 2.67. The van der Waals surface area contributed by atoms with Gasteiger partial charge >= 0.3 is 0 Å². The number of carbonyl (C=O) groups excluding carboxylic acids is 3. The zero-order valence-corrected chi connectivity index (χ0v) is 27.2. The van der Waals surface area contributed by atoms with Crippen LogP contribution in [0.3, 0.4) is 0 Å². The predicted octanol–water partition coefficient (Wildman–Crippen LogP) is 4.07. The maximum Gasteiger partial charge on any atom is 0.296 e. The molecular formula is C35H37FN4O6S. The van der Waals surface area contributed by atoms with E-state index < -0.39 is 50.3 Å². The van der Waals surface area contributed by atoms with Gasteiger partial charge in [0.25, 0.3) is 17.6 Å². The minimum absolute atomic E-state index is 0.0279. The highest BCUT2D eigenvalue weighted by atomic mass is 32.2. The van der Waals surface area contributed by atoms with Crippen LogP contribution in [-0.2, 0) is 36.5 Å². The number of halogens is 1. The Morgan fingerprint density at radius 3 is 2.26 bits per heavy atom. The molecule has 10 nitrogen and oxygen atoms in total. The Labute approximate surface area is 273 Å². The number of hydrogen-bond acceptors (Lipinski definition) is 7. The maximum atomic E-state index is 14.9. The Hall–Kier alpha value is -4.39. The molecule has 1 unspecified atom stereocenters. The second-order valence-corrected chi connectivity index (χ2v) is 14.3. The number of aliphatic hydroxyl groups excluding tert-OH is 1. The molecule has 12 heteroatoms. The van der Waals surface area contributed by atoms with Crippen molar-refractivity contribution in [3.63, 3.8) is 0 Å². The van der Waals surface area contributed by atoms with Crippen LogP contribution in [0.15, 0.2) is 83.3 Å². The summed E-state index contributed by atoms with van der Waals surface area (Å²) in [5, 5.41) is 11.9. The molecule has 3 heterocycles. The number of fused-ring (bicyclic) bond motifs is 2. The van der Waals surface area contributed by atoms with Gasteiger partial charge in [-0.3, -0.25) is 14.4 Å². The first-order valence-corrected chi connectivity index (χ1v) is 17.1. The van der Waals surface area contributed by atoms with Crippen molar-refractivity contribution < 1.29 is 32.3 Å². The van der Waals surface area contributed by atoms with E-state index in [1.54, 1.807) is 42.5 Å². The summed E-state index contributed by atoms with van der Waals surface area (Å²) in [6.45, 7) is 1.26. The summed E-state index contributed by atoms with van der Waals surface area (Å²) < 4.78 is 42.8. The number of carbonyl (C=O) groups is 3. The number of Topliss-reactive ketones (excluding diaryl/α,β-unsaturated/α-hetero) is 1. The van der Waals surface area contributed by atoms with Crippen molar-refractivity contribution in [2.75, 3.05) is 45.2 Å². The maximum absolute atomic E-state index is 14.9. The molecule has 3 aliphatic rings. The van der Waals surface area contributed by atoms with Gasteiger partial charge in [0.2, 0.25) is 10.0 Å². The first kappa shape index (κ1) is 32.5. The summed E-state index contributed by atoms with van der Waals surface area (Å²) in [5.41, 5.74) is -1.42. The Morgan fingerprint density at radius 1 is 0.915 bits per heavy atom. The molecule has 246 valence electrons. The summed E-state index contributed by atoms with van der Waals surface area (Å²) in [6.07, 6.45) is 2.94. The fourth-order valence-corrected chi connectivity index (χ4v) is 8.37. The smallest absolute Gasteiger partial charge is 0.296 e. The van der Waals surface area contributed by atoms with E-state index in [0.29, 0.717) is 37.3 Å². The van der Waals surface area contributed by atoms with Crippen molar-refractivity contribution in [3.05, 3.63) is 101 Å². The number of rotatable bonds is 9. The molecule has 6 rings (SSSR count). The van der Waals surface area contributed by atoms with Crippen LogP contribution >= 0.6 is 0 Å². The van der Waals surface area contributed by atoms with Crippen LogP contribution in [0.1, 0.15) is 42.4 Å². The number of likely N-dealkylation sites (tertiary alicyclic amines) is 1. The molecular weight excluding hydrogens is 623 g/mol. The Kier molecular flexibility index (Phi) is 8.77. The lowest BCUT2D eigenvalue weighted by molar-refractivity contribution is -0.143. The van der Waals surface area contributed by atoms with Gasteiger partial charge in [-0.25, -0.2) is 12.8 Å². The third kappa shape index (κ3) is 5.43. The average Bonchev–Trinajstić information content (AvgIpc) is 3.44. The third-order valence-corrected chi connectivity index (χ3v) is 11.1. The van der Waals surface area contributed by atoms with Crippen LogP contribution in [0.25, 0.3) is 5.76 Å². The largest absolute Gasteiger partial charge is 0.507 e. The molecule has 3 aromatic carbocycles. The number of piperidine rings is 1. The third-order valence-electron chi connectivity index (χ3n) is 9.16. The number of para-hydroxylation sites is 1. The normalized spacial score (nSPS) is 21.3. The number of nitrogens with zero attached hydrogens (tertiary/aromatic N) is 4. The summed E-state index contributed by atoms with van der Waals surface area (Å²) in [6, 6.07) is 18.2. The van der Waals surface area contributed by atoms with Crippen molar-refractivity contribution in [2.45, 2.75) is 42.7 Å². The van der Waals surface area contributed by atoms with Crippen LogP contribution < -0.4 is 4.90 Å². The topological polar surface area (TPSA) is 119 Å². The molecule has 0 saturated carbocycles. The highest BCUT2D eigenvalue weighted by molar-refractivity contribution is 7.89. The van der Waals surface area contributed by atoms with Gasteiger partial charge in [-0.05, 0) is 76.3 Å². The lowest BCUT2D eigenvalue weighted by Crippen LogP contribution is -2.52. The second-order valence-electron chi connectivity index (χ2n) is 12.4. The lowest BCUT2D eigenvalue weighted by Gasteiger charge is -2.35. The fraction of sp³-hybridized carbons (Fsp3) is 0.343. The second kappa shape index (κ2) is 12.7. The molecule has 1 atom stereocenters. The number of hydrogen-bond donors (Lipinski definition) is 1. The molecule has 3 aromatic rings. The highest BCUT2D eigenvalue weighted by Crippen LogP contribution is 2.54. The number of sulfonamides is 1. The van der Waals surface area contributed by atoms with Crippen molar-refractivity contribution in [1.82, 2.24) is 14.1 Å². The van der Waals surface area contributed by atoms with Gasteiger partial charge < -0.3 is 19.8 Å². The molecule has 0 bridgehead atoms. The van der Waals surface area contributed by atoms with Crippen LogP contribution in [0.5, 0.6) is 0 Å². The van der Waals surface area contributed by atoms with E-state index >= 15 is 0 Å². The van der Waals surface area contributed by atoms with Gasteiger partial charge in [0.05, 0.1) is 22.7 Å². The molecule has 47 heavy (non-hydrogen) atoms. The number of benzene rings is 3. The van der Waals surface area contributed by atoms with E-state index in [1.165, 1.54) is 44.4 Å². The molecule has 0 aromatic heterocycles. The van der Waals surface area contributed by atoms with E-state index in [-0.39, 0.29) is 29.1 Å². The summed E-state index contributed by atoms with van der Waals surface area (Å²) in [7, 11) is -0.0372. The zero-order chi connectivity index (χ0) is 33.5. The van der Waals surface area contributed by atoms with Gasteiger partial charge in [0.1, 0.15) is 11.6 Å². The molecule has 2 amide bonds. The van der Waals surface area contributed by atoms with Gasteiger partial charge in [0, 0.05) is 36.3 Å². The van der Waals surface area contributed by atoms with Gasteiger partial charge in [-0.2, -0.15) is 4.31 Å². The number of amides is 2. The van der Waals surface area contributed by atoms with Crippen molar-refractivity contribution in [1.29, 1.82) is 0 Å². The molecule has 0 radical (unpaired) electrons. The van der Waals surface area contributed by atoms with E-state index in [2.05, 4.69) is 0 Å². The Morgan fingerprint density at radius 2 is 1.57 bits per heavy atom. The molecule has 2 saturated heterocycles. The molecule has 2 fully saturated rings. The molecule has 0 aliphatic carbocycles. The van der Waals surface area contributed by atoms with Crippen molar-refractivity contribution in [2.24, 2.45) is 0 Å². The number of aliphatic hydroxyl groups is 1. The van der Waals surface area contributed by atoms with Crippen molar-refractivity contribution in [3.8, 4) is 0 Å². The van der Waals surface area contributed by atoms with Gasteiger partial charge in [-0.15, -0.1) is 0 Å². The Bertz CT molecular complexity index is 1870. The Balaban J connectivity index is 1.49. The van der Waals surface area contributed by atoms with E-state index in [9.17, 15) is 32.3 Å². The van der Waals surface area contributed by atoms with Crippen LogP contribution in [-0.4, -0.2) is 85.5 Å². The van der Waals surface area contributed by atoms with Crippen molar-refractivity contribution >= 4 is 39.1 Å². The first-order chi connectivity index (χ1) is 22.5. The van der Waals surface area contributed by atoms with Crippen LogP contribution in [0, 0.1) is 5.82 Å². The van der Waals surface area contributed by atoms with E-state index in [1.807, 2.05) is 19.0 Å². The van der Waals surface area contributed by atoms with Crippen LogP contribution in [0.4, 0.5) is 10.1 Å². The van der Waals surface area contributed by atoms with Gasteiger partial charge in [-0.1, -0.05) is 42.8 Å². The predicted molar refractivity (Wildman–Crippen MR) is 174 cm³/mol. The first-order valence-electron chi connectivity index (χ1n) is 15.7. The SMILES string of the molecule is CN(C)CCCN1C(=O)C(=O)C(=C(O)c2ccc(S(=O)(=O)N3CCCCC3)cc2)C12C(=O)N(Cc1ccccc1F)c1ccccc12. The fourth-order valence-electron chi connectivity index (χ4n) is 6.85. The molecule has 1 spiro atoms. The quantitative estimate of drug-likeness (QED) is 0.209. The average molecular weight is 661 g/mol. The molecule has 1 N–H and O–H groups in total. The van der Waals surface area contributed by atoms with E-state index in [4.69, 9.17) is 0 Å². The summed E-state index contributed by atoms with van der Waals surface area (Å²) >= 11 is 0. The minimum atomic E-state index is -3.77. The standard InChI is InChI=1S/C35H37FN4O6S/c1-37(2)19-10-22-40-33(43)32(42)30(31(41)24-15-17-26(18-16-24)47(45,46)38-20-8-3-9-21-38)35(40)27-12-5-7-14-29(27)39(34(35)44)23-25-11-4-6-13-28(25)36/h4-7,11-18,41H,3,8-10,19-23H2,1-2H3. The lowest BCUT2D eigenvalue weighted by atomic mass is 9.82.